The SMILES string of the molecule is Cc1cn(-c2ccc(Cc3nc4c(C(C)C)ccc(OCC(F)(F)F)n4n3)cc2C#N)cn1. The van der Waals surface area contributed by atoms with Crippen LogP contribution in [-0.2, 0) is 6.42 Å². The predicted octanol–water partition coefficient (Wildman–Crippen LogP) is 4.75. The van der Waals surface area contributed by atoms with Crippen LogP contribution in [0.2, 0.25) is 0 Å². The Morgan fingerprint density at radius 2 is 1.97 bits per heavy atom. The molecule has 1 aromatic carbocycles. The maximum absolute atomic E-state index is 12.7. The summed E-state index contributed by atoms with van der Waals surface area (Å²) in [5.41, 5.74) is 4.09. The van der Waals surface area contributed by atoms with Crippen molar-refractivity contribution < 1.29 is 17.9 Å². The fraction of sp³-hybridized carbons (Fsp3) is 0.304. The molecule has 0 fully saturated rings. The van der Waals surface area contributed by atoms with Crippen LogP contribution in [0.5, 0.6) is 5.88 Å². The second-order valence-electron chi connectivity index (χ2n) is 8.01. The van der Waals surface area contributed by atoms with E-state index in [-0.39, 0.29) is 11.8 Å². The van der Waals surface area contributed by atoms with Gasteiger partial charge in [-0.2, -0.15) is 22.9 Å². The molecule has 4 rings (SSSR count). The fourth-order valence-corrected chi connectivity index (χ4v) is 3.54. The Balaban J connectivity index is 1.69. The number of halogens is 3. The minimum atomic E-state index is -4.46. The second-order valence-corrected chi connectivity index (χ2v) is 8.01. The first-order chi connectivity index (χ1) is 15.6. The molecule has 3 aromatic heterocycles. The molecular weight excluding hydrogens is 433 g/mol. The number of aryl methyl sites for hydroxylation is 1. The normalized spacial score (nSPS) is 11.8. The van der Waals surface area contributed by atoms with Crippen LogP contribution in [0.3, 0.4) is 0 Å². The molecule has 4 aromatic rings. The molecule has 0 radical (unpaired) electrons. The van der Waals surface area contributed by atoms with E-state index in [2.05, 4.69) is 21.1 Å². The van der Waals surface area contributed by atoms with E-state index in [1.807, 2.05) is 39.1 Å². The zero-order valence-electron chi connectivity index (χ0n) is 18.3. The maximum Gasteiger partial charge on any atom is 0.422 e. The van der Waals surface area contributed by atoms with Crippen molar-refractivity contribution in [1.29, 1.82) is 5.26 Å². The number of imidazole rings is 1. The molecule has 3 heterocycles. The quantitative estimate of drug-likeness (QED) is 0.420. The standard InChI is InChI=1S/C23H21F3N6O/c1-14(2)18-5-7-21(33-12-23(24,25)26)32-22(18)29-20(30-32)9-16-4-6-19(17(8-16)10-27)31-11-15(3)28-13-31/h4-8,11,13-14H,9,12H2,1-3H3. The summed E-state index contributed by atoms with van der Waals surface area (Å²) in [5.74, 6) is 0.466. The van der Waals surface area contributed by atoms with Gasteiger partial charge in [0.15, 0.2) is 18.1 Å². The van der Waals surface area contributed by atoms with E-state index in [9.17, 15) is 18.4 Å². The summed E-state index contributed by atoms with van der Waals surface area (Å²) in [7, 11) is 0. The first kappa shape index (κ1) is 22.3. The minimum absolute atomic E-state index is 0.0333. The number of nitrogens with zero attached hydrogens (tertiary/aromatic N) is 6. The molecule has 0 bridgehead atoms. The van der Waals surface area contributed by atoms with Crippen LogP contribution in [0, 0.1) is 18.3 Å². The van der Waals surface area contributed by atoms with E-state index in [0.29, 0.717) is 29.1 Å². The van der Waals surface area contributed by atoms with Crippen molar-refractivity contribution in [2.24, 2.45) is 0 Å². The van der Waals surface area contributed by atoms with Gasteiger partial charge in [0.1, 0.15) is 6.07 Å². The van der Waals surface area contributed by atoms with Crippen LogP contribution >= 0.6 is 0 Å². The average Bonchev–Trinajstić information content (AvgIpc) is 3.37. The topological polar surface area (TPSA) is 81.0 Å². The third-order valence-corrected chi connectivity index (χ3v) is 5.06. The lowest BCUT2D eigenvalue weighted by Gasteiger charge is -2.12. The Morgan fingerprint density at radius 1 is 1.18 bits per heavy atom. The second kappa shape index (κ2) is 8.58. The van der Waals surface area contributed by atoms with Gasteiger partial charge in [0.05, 0.1) is 23.3 Å². The van der Waals surface area contributed by atoms with Gasteiger partial charge in [0.25, 0.3) is 0 Å². The lowest BCUT2D eigenvalue weighted by Crippen LogP contribution is -2.20. The van der Waals surface area contributed by atoms with Gasteiger partial charge in [-0.25, -0.2) is 9.97 Å². The van der Waals surface area contributed by atoms with E-state index < -0.39 is 12.8 Å². The number of hydrogen-bond donors (Lipinski definition) is 0. The van der Waals surface area contributed by atoms with Gasteiger partial charge in [0.2, 0.25) is 5.88 Å². The molecule has 7 nitrogen and oxygen atoms in total. The minimum Gasteiger partial charge on any atom is -0.468 e. The van der Waals surface area contributed by atoms with Crippen molar-refractivity contribution in [2.75, 3.05) is 6.61 Å². The summed E-state index contributed by atoms with van der Waals surface area (Å²) in [4.78, 5) is 8.76. The molecule has 0 saturated carbocycles. The number of hydrogen-bond acceptors (Lipinski definition) is 5. The monoisotopic (exact) mass is 454 g/mol. The van der Waals surface area contributed by atoms with Gasteiger partial charge in [-0.3, -0.25) is 0 Å². The molecule has 0 amide bonds. The van der Waals surface area contributed by atoms with Crippen LogP contribution in [-0.4, -0.2) is 36.9 Å². The third kappa shape index (κ3) is 4.82. The molecule has 33 heavy (non-hydrogen) atoms. The number of ether oxygens (including phenoxy) is 1. The van der Waals surface area contributed by atoms with Crippen LogP contribution in [0.15, 0.2) is 42.9 Å². The smallest absolute Gasteiger partial charge is 0.422 e. The molecule has 0 spiro atoms. The number of benzene rings is 1. The van der Waals surface area contributed by atoms with Crippen molar-refractivity contribution in [1.82, 2.24) is 24.1 Å². The highest BCUT2D eigenvalue weighted by Crippen LogP contribution is 2.26. The first-order valence-corrected chi connectivity index (χ1v) is 10.3. The van der Waals surface area contributed by atoms with Crippen LogP contribution < -0.4 is 4.74 Å². The summed E-state index contributed by atoms with van der Waals surface area (Å²) < 4.78 is 46.1. The lowest BCUT2D eigenvalue weighted by atomic mass is 10.1. The number of aromatic nitrogens is 5. The van der Waals surface area contributed by atoms with Gasteiger partial charge >= 0.3 is 6.18 Å². The zero-order chi connectivity index (χ0) is 23.8. The molecule has 10 heteroatoms. The molecule has 0 aliphatic carbocycles. The molecule has 0 unspecified atom stereocenters. The van der Waals surface area contributed by atoms with E-state index in [1.54, 1.807) is 23.0 Å². The Hall–Kier alpha value is -3.87. The summed E-state index contributed by atoms with van der Waals surface area (Å²) in [6, 6.07) is 10.8. The molecule has 0 aliphatic rings. The van der Waals surface area contributed by atoms with Crippen LogP contribution in [0.4, 0.5) is 13.2 Å². The molecule has 0 atom stereocenters. The van der Waals surface area contributed by atoms with Crippen molar-refractivity contribution in [3.05, 3.63) is 71.1 Å². The predicted molar refractivity (Wildman–Crippen MR) is 114 cm³/mol. The van der Waals surface area contributed by atoms with Crippen molar-refractivity contribution in [3.63, 3.8) is 0 Å². The lowest BCUT2D eigenvalue weighted by molar-refractivity contribution is -0.154. The Labute approximate surface area is 188 Å². The van der Waals surface area contributed by atoms with Gasteiger partial charge in [-0.1, -0.05) is 19.9 Å². The van der Waals surface area contributed by atoms with Crippen molar-refractivity contribution in [3.8, 4) is 17.6 Å². The fourth-order valence-electron chi connectivity index (χ4n) is 3.54. The molecule has 170 valence electrons. The van der Waals surface area contributed by atoms with Gasteiger partial charge < -0.3 is 9.30 Å². The summed E-state index contributed by atoms with van der Waals surface area (Å²) in [5, 5.41) is 14.0. The van der Waals surface area contributed by atoms with E-state index in [4.69, 9.17) is 4.74 Å². The van der Waals surface area contributed by atoms with Crippen LogP contribution in [0.1, 0.15) is 48.0 Å². The van der Waals surface area contributed by atoms with E-state index in [1.165, 1.54) is 10.6 Å². The average molecular weight is 454 g/mol. The number of pyridine rings is 1. The zero-order valence-corrected chi connectivity index (χ0v) is 18.3. The Kier molecular flexibility index (Phi) is 5.80. The van der Waals surface area contributed by atoms with E-state index >= 15 is 0 Å². The summed E-state index contributed by atoms with van der Waals surface area (Å²) >= 11 is 0. The molecule has 0 aliphatic heterocycles. The van der Waals surface area contributed by atoms with Crippen molar-refractivity contribution >= 4 is 5.65 Å². The third-order valence-electron chi connectivity index (χ3n) is 5.06. The number of rotatable bonds is 6. The summed E-state index contributed by atoms with van der Waals surface area (Å²) in [6.07, 6.45) is -0.689. The highest BCUT2D eigenvalue weighted by atomic mass is 19.4. The highest BCUT2D eigenvalue weighted by molar-refractivity contribution is 5.53. The largest absolute Gasteiger partial charge is 0.468 e. The van der Waals surface area contributed by atoms with Gasteiger partial charge in [0, 0.05) is 18.7 Å². The number of fused-ring (bicyclic) bond motifs is 1. The molecule has 0 N–H and O–H groups in total. The Bertz CT molecular complexity index is 1350. The molecule has 0 saturated heterocycles. The first-order valence-electron chi connectivity index (χ1n) is 10.3. The van der Waals surface area contributed by atoms with Gasteiger partial charge in [-0.05, 0) is 42.2 Å². The van der Waals surface area contributed by atoms with E-state index in [0.717, 1.165) is 16.8 Å². The Morgan fingerprint density at radius 3 is 2.61 bits per heavy atom. The summed E-state index contributed by atoms with van der Waals surface area (Å²) in [6.45, 7) is 4.38. The van der Waals surface area contributed by atoms with Gasteiger partial charge in [-0.15, -0.1) is 5.10 Å². The van der Waals surface area contributed by atoms with Crippen LogP contribution in [0.25, 0.3) is 11.3 Å². The number of nitriles is 1. The number of alkyl halides is 3. The maximum atomic E-state index is 12.7. The van der Waals surface area contributed by atoms with Crippen molar-refractivity contribution in [2.45, 2.75) is 39.3 Å². The highest BCUT2D eigenvalue weighted by Gasteiger charge is 2.29. The molecular formula is C23H21F3N6O.